The molecular weight excluding hydrogens is 256 g/mol. The van der Waals surface area contributed by atoms with Crippen LogP contribution >= 0.6 is 0 Å². The maximum atomic E-state index is 13.6. The molecule has 0 saturated carbocycles. The molecule has 5 nitrogen and oxygen atoms in total. The van der Waals surface area contributed by atoms with E-state index in [0.717, 1.165) is 12.1 Å². The minimum atomic E-state index is -1.27. The molecule has 0 spiro atoms. The van der Waals surface area contributed by atoms with Crippen LogP contribution in [0.3, 0.4) is 0 Å². The van der Waals surface area contributed by atoms with Crippen molar-refractivity contribution < 1.29 is 13.7 Å². The van der Waals surface area contributed by atoms with E-state index < -0.39 is 27.9 Å². The molecule has 0 aliphatic rings. The number of nitro benzene ring substituents is 1. The van der Waals surface area contributed by atoms with Gasteiger partial charge in [0.2, 0.25) is 0 Å². The van der Waals surface area contributed by atoms with Crippen molar-refractivity contribution in [3.05, 3.63) is 64.0 Å². The second-order valence-corrected chi connectivity index (χ2v) is 3.69. The Morgan fingerprint density at radius 2 is 2.05 bits per heavy atom. The number of nitrogens with zero attached hydrogens (tertiary/aromatic N) is 2. The van der Waals surface area contributed by atoms with Crippen molar-refractivity contribution >= 4 is 11.4 Å². The van der Waals surface area contributed by atoms with Crippen LogP contribution in [0.2, 0.25) is 0 Å². The van der Waals surface area contributed by atoms with Gasteiger partial charge in [0.05, 0.1) is 17.2 Å². The third-order valence-corrected chi connectivity index (χ3v) is 2.44. The van der Waals surface area contributed by atoms with Crippen molar-refractivity contribution in [3.63, 3.8) is 0 Å². The van der Waals surface area contributed by atoms with Crippen molar-refractivity contribution in [2.75, 3.05) is 5.32 Å². The molecule has 0 saturated heterocycles. The van der Waals surface area contributed by atoms with Crippen molar-refractivity contribution in [1.29, 1.82) is 0 Å². The molecule has 0 unspecified atom stereocenters. The lowest BCUT2D eigenvalue weighted by atomic mass is 10.2. The summed E-state index contributed by atoms with van der Waals surface area (Å²) in [7, 11) is 0. The Balaban J connectivity index is 2.28. The van der Waals surface area contributed by atoms with E-state index in [4.69, 9.17) is 0 Å². The summed E-state index contributed by atoms with van der Waals surface area (Å²) in [5.41, 5.74) is -0.439. The molecule has 2 aromatic rings. The zero-order valence-corrected chi connectivity index (χ0v) is 9.64. The molecule has 0 amide bonds. The molecule has 1 aromatic heterocycles. The summed E-state index contributed by atoms with van der Waals surface area (Å²) in [4.78, 5) is 14.0. The number of aromatic nitrogens is 1. The van der Waals surface area contributed by atoms with Gasteiger partial charge in [-0.1, -0.05) is 6.07 Å². The monoisotopic (exact) mass is 265 g/mol. The highest BCUT2D eigenvalue weighted by atomic mass is 19.2. The molecule has 1 N–H and O–H groups in total. The second kappa shape index (κ2) is 5.38. The van der Waals surface area contributed by atoms with E-state index in [1.54, 1.807) is 18.2 Å². The third kappa shape index (κ3) is 2.82. The van der Waals surface area contributed by atoms with Crippen molar-refractivity contribution in [1.82, 2.24) is 4.98 Å². The number of hydrogen-bond acceptors (Lipinski definition) is 4. The quantitative estimate of drug-likeness (QED) is 0.681. The smallest absolute Gasteiger partial charge is 0.295 e. The highest BCUT2D eigenvalue weighted by Crippen LogP contribution is 2.29. The molecule has 7 heteroatoms. The Labute approximate surface area is 107 Å². The van der Waals surface area contributed by atoms with Gasteiger partial charge in [-0.05, 0) is 18.2 Å². The minimum Gasteiger partial charge on any atom is -0.371 e. The zero-order valence-electron chi connectivity index (χ0n) is 9.64. The van der Waals surface area contributed by atoms with E-state index in [1.807, 2.05) is 0 Å². The Morgan fingerprint density at radius 1 is 1.26 bits per heavy atom. The SMILES string of the molecule is O=[N+]([O-])c1ccc(F)c(F)c1NCc1ccccn1. The highest BCUT2D eigenvalue weighted by molar-refractivity contribution is 5.62. The van der Waals surface area contributed by atoms with Crippen LogP contribution in [0.5, 0.6) is 0 Å². The lowest BCUT2D eigenvalue weighted by Gasteiger charge is -2.08. The summed E-state index contributed by atoms with van der Waals surface area (Å²) < 4.78 is 26.7. The molecular formula is C12H9F2N3O2. The predicted octanol–water partition coefficient (Wildman–Crippen LogP) is 2.88. The van der Waals surface area contributed by atoms with E-state index in [2.05, 4.69) is 10.3 Å². The summed E-state index contributed by atoms with van der Waals surface area (Å²) in [5.74, 6) is -2.42. The molecule has 0 fully saturated rings. The average Bonchev–Trinajstić information content (AvgIpc) is 2.41. The molecule has 0 atom stereocenters. The van der Waals surface area contributed by atoms with Crippen LogP contribution in [0.1, 0.15) is 5.69 Å². The number of anilines is 1. The summed E-state index contributed by atoms with van der Waals surface area (Å²) in [6, 6.07) is 6.73. The zero-order chi connectivity index (χ0) is 13.8. The highest BCUT2D eigenvalue weighted by Gasteiger charge is 2.21. The summed E-state index contributed by atoms with van der Waals surface area (Å²) >= 11 is 0. The summed E-state index contributed by atoms with van der Waals surface area (Å²) in [6.07, 6.45) is 1.54. The number of nitro groups is 1. The van der Waals surface area contributed by atoms with Crippen molar-refractivity contribution in [2.24, 2.45) is 0 Å². The van der Waals surface area contributed by atoms with Crippen LogP contribution in [-0.4, -0.2) is 9.91 Å². The van der Waals surface area contributed by atoms with Crippen LogP contribution in [0.4, 0.5) is 20.2 Å². The molecule has 0 radical (unpaired) electrons. The maximum absolute atomic E-state index is 13.6. The van der Waals surface area contributed by atoms with Crippen LogP contribution in [0.25, 0.3) is 0 Å². The third-order valence-electron chi connectivity index (χ3n) is 2.44. The van der Waals surface area contributed by atoms with E-state index in [1.165, 1.54) is 6.20 Å². The fraction of sp³-hybridized carbons (Fsp3) is 0.0833. The fourth-order valence-electron chi connectivity index (χ4n) is 1.54. The lowest BCUT2D eigenvalue weighted by molar-refractivity contribution is -0.384. The molecule has 0 bridgehead atoms. The minimum absolute atomic E-state index is 0.0576. The molecule has 19 heavy (non-hydrogen) atoms. The van der Waals surface area contributed by atoms with Gasteiger partial charge in [0.15, 0.2) is 17.3 Å². The van der Waals surface area contributed by atoms with E-state index in [0.29, 0.717) is 5.69 Å². The Morgan fingerprint density at radius 3 is 2.68 bits per heavy atom. The van der Waals surface area contributed by atoms with E-state index in [9.17, 15) is 18.9 Å². The number of benzene rings is 1. The largest absolute Gasteiger partial charge is 0.371 e. The van der Waals surface area contributed by atoms with Gasteiger partial charge < -0.3 is 5.32 Å². The Bertz CT molecular complexity index is 605. The number of rotatable bonds is 4. The summed E-state index contributed by atoms with van der Waals surface area (Å²) in [6.45, 7) is 0.0576. The first-order chi connectivity index (χ1) is 9.09. The van der Waals surface area contributed by atoms with Crippen LogP contribution in [-0.2, 0) is 6.54 Å². The predicted molar refractivity (Wildman–Crippen MR) is 64.6 cm³/mol. The number of nitrogens with one attached hydrogen (secondary N) is 1. The first-order valence-corrected chi connectivity index (χ1v) is 5.35. The first-order valence-electron chi connectivity index (χ1n) is 5.35. The molecule has 2 rings (SSSR count). The van der Waals surface area contributed by atoms with Crippen molar-refractivity contribution in [3.8, 4) is 0 Å². The molecule has 1 heterocycles. The molecule has 98 valence electrons. The average molecular weight is 265 g/mol. The van der Waals surface area contributed by atoms with Gasteiger partial charge in [-0.25, -0.2) is 8.78 Å². The van der Waals surface area contributed by atoms with Crippen LogP contribution in [0, 0.1) is 21.7 Å². The number of halogens is 2. The van der Waals surface area contributed by atoms with E-state index >= 15 is 0 Å². The van der Waals surface area contributed by atoms with Gasteiger partial charge in [0, 0.05) is 12.3 Å². The number of pyridine rings is 1. The lowest BCUT2D eigenvalue weighted by Crippen LogP contribution is -2.07. The van der Waals surface area contributed by atoms with Gasteiger partial charge in [0.25, 0.3) is 5.69 Å². The fourth-order valence-corrected chi connectivity index (χ4v) is 1.54. The molecule has 0 aliphatic carbocycles. The van der Waals surface area contributed by atoms with Crippen LogP contribution < -0.4 is 5.32 Å². The summed E-state index contributed by atoms with van der Waals surface area (Å²) in [5, 5.41) is 13.3. The first kappa shape index (κ1) is 12.9. The maximum Gasteiger partial charge on any atom is 0.295 e. The Hall–Kier alpha value is -2.57. The van der Waals surface area contributed by atoms with Gasteiger partial charge in [0.1, 0.15) is 0 Å². The second-order valence-electron chi connectivity index (χ2n) is 3.69. The van der Waals surface area contributed by atoms with Gasteiger partial charge >= 0.3 is 0 Å². The normalized spacial score (nSPS) is 10.2. The standard InChI is InChI=1S/C12H9F2N3O2/c13-9-4-5-10(17(18)19)12(11(9)14)16-7-8-3-1-2-6-15-8/h1-6,16H,7H2. The number of hydrogen-bond donors (Lipinski definition) is 1. The topological polar surface area (TPSA) is 68.1 Å². The van der Waals surface area contributed by atoms with Crippen molar-refractivity contribution in [2.45, 2.75) is 6.54 Å². The van der Waals surface area contributed by atoms with Gasteiger partial charge in [-0.15, -0.1) is 0 Å². The van der Waals surface area contributed by atoms with E-state index in [-0.39, 0.29) is 6.54 Å². The van der Waals surface area contributed by atoms with Gasteiger partial charge in [-0.2, -0.15) is 0 Å². The Kier molecular flexibility index (Phi) is 3.65. The molecule has 0 aliphatic heterocycles. The van der Waals surface area contributed by atoms with Crippen LogP contribution in [0.15, 0.2) is 36.5 Å². The van der Waals surface area contributed by atoms with Gasteiger partial charge in [-0.3, -0.25) is 15.1 Å². The molecule has 1 aromatic carbocycles.